The maximum Gasteiger partial charge on any atom is 0.261 e. The number of aryl methyl sites for hydroxylation is 1. The summed E-state index contributed by atoms with van der Waals surface area (Å²) in [4.78, 5) is 27.6. The lowest BCUT2D eigenvalue weighted by molar-refractivity contribution is -0.142. The van der Waals surface area contributed by atoms with Crippen molar-refractivity contribution in [1.82, 2.24) is 10.2 Å². The van der Waals surface area contributed by atoms with Crippen LogP contribution in [0.2, 0.25) is 0 Å². The molecule has 1 N–H and O–H groups in total. The summed E-state index contributed by atoms with van der Waals surface area (Å²) in [6, 6.07) is 15.2. The second kappa shape index (κ2) is 11.2. The number of benzene rings is 2. The van der Waals surface area contributed by atoms with Gasteiger partial charge < -0.3 is 15.0 Å². The number of hydrogen-bond donors (Lipinski definition) is 1. The van der Waals surface area contributed by atoms with Crippen molar-refractivity contribution in [2.45, 2.75) is 66.5 Å². The third-order valence-electron chi connectivity index (χ3n) is 5.33. The van der Waals surface area contributed by atoms with Crippen molar-refractivity contribution < 1.29 is 14.3 Å². The van der Waals surface area contributed by atoms with Crippen LogP contribution in [0.15, 0.2) is 48.5 Å². The van der Waals surface area contributed by atoms with Gasteiger partial charge in [-0.05, 0) is 42.4 Å². The van der Waals surface area contributed by atoms with E-state index in [1.165, 1.54) is 0 Å². The Kier molecular flexibility index (Phi) is 8.88. The van der Waals surface area contributed by atoms with Crippen LogP contribution in [0.25, 0.3) is 0 Å². The summed E-state index contributed by atoms with van der Waals surface area (Å²) < 4.78 is 5.97. The first-order chi connectivity index (χ1) is 15.0. The number of nitrogens with one attached hydrogen (secondary N) is 1. The Balaban J connectivity index is 2.21. The molecule has 0 saturated carbocycles. The smallest absolute Gasteiger partial charge is 0.261 e. The fraction of sp³-hybridized carbons (Fsp3) is 0.481. The monoisotopic (exact) mass is 438 g/mol. The van der Waals surface area contributed by atoms with E-state index in [1.807, 2.05) is 69.3 Å². The van der Waals surface area contributed by atoms with Gasteiger partial charge in [-0.25, -0.2) is 0 Å². The summed E-state index contributed by atoms with van der Waals surface area (Å²) in [5.41, 5.74) is 3.03. The van der Waals surface area contributed by atoms with E-state index < -0.39 is 6.04 Å². The van der Waals surface area contributed by atoms with E-state index in [-0.39, 0.29) is 23.8 Å². The second-order valence-corrected chi connectivity index (χ2v) is 9.86. The van der Waals surface area contributed by atoms with Crippen LogP contribution >= 0.6 is 0 Å². The van der Waals surface area contributed by atoms with Crippen molar-refractivity contribution in [3.63, 3.8) is 0 Å². The quantitative estimate of drug-likeness (QED) is 0.608. The van der Waals surface area contributed by atoms with E-state index in [4.69, 9.17) is 4.74 Å². The van der Waals surface area contributed by atoms with E-state index >= 15 is 0 Å². The Morgan fingerprint density at radius 1 is 1.03 bits per heavy atom. The lowest BCUT2D eigenvalue weighted by atomic mass is 9.86. The van der Waals surface area contributed by atoms with Gasteiger partial charge in [0.05, 0.1) is 0 Å². The van der Waals surface area contributed by atoms with Crippen LogP contribution in [-0.2, 0) is 21.5 Å². The van der Waals surface area contributed by atoms with Crippen LogP contribution in [0.4, 0.5) is 0 Å². The van der Waals surface area contributed by atoms with Gasteiger partial charge >= 0.3 is 0 Å². The molecule has 0 bridgehead atoms. The SMILES string of the molecule is Cc1cccc(CN(C(=O)COc2ccccc2C(C)(C)C)C(C)C(=O)NCC(C)C)c1. The van der Waals surface area contributed by atoms with Crippen LogP contribution in [0.3, 0.4) is 0 Å². The van der Waals surface area contributed by atoms with Gasteiger partial charge in [0.2, 0.25) is 5.91 Å². The third kappa shape index (κ3) is 7.40. The Bertz CT molecular complexity index is 915. The van der Waals surface area contributed by atoms with Crippen molar-refractivity contribution >= 4 is 11.8 Å². The molecule has 5 heteroatoms. The standard InChI is InChI=1S/C27H38N2O3/c1-19(2)16-28-26(31)21(4)29(17-22-12-10-11-20(3)15-22)25(30)18-32-24-14-9-8-13-23(24)27(5,6)7/h8-15,19,21H,16-18H2,1-7H3,(H,28,31). The molecule has 0 aromatic heterocycles. The Hall–Kier alpha value is -2.82. The van der Waals surface area contributed by atoms with Crippen LogP contribution in [0.5, 0.6) is 5.75 Å². The molecule has 32 heavy (non-hydrogen) atoms. The number of hydrogen-bond acceptors (Lipinski definition) is 3. The summed E-state index contributed by atoms with van der Waals surface area (Å²) in [6.45, 7) is 15.0. The highest BCUT2D eigenvalue weighted by Gasteiger charge is 2.27. The number of rotatable bonds is 9. The number of amides is 2. The molecule has 2 rings (SSSR count). The summed E-state index contributed by atoms with van der Waals surface area (Å²) in [5, 5.41) is 2.94. The molecule has 0 aliphatic carbocycles. The van der Waals surface area contributed by atoms with Crippen LogP contribution < -0.4 is 10.1 Å². The van der Waals surface area contributed by atoms with Crippen LogP contribution in [-0.4, -0.2) is 35.9 Å². The molecule has 2 aromatic rings. The van der Waals surface area contributed by atoms with Gasteiger partial charge in [0, 0.05) is 13.1 Å². The number of nitrogens with zero attached hydrogens (tertiary/aromatic N) is 1. The lowest BCUT2D eigenvalue weighted by Crippen LogP contribution is -2.49. The predicted molar refractivity (Wildman–Crippen MR) is 130 cm³/mol. The molecule has 0 saturated heterocycles. The first-order valence-electron chi connectivity index (χ1n) is 11.3. The van der Waals surface area contributed by atoms with Crippen molar-refractivity contribution in [3.8, 4) is 5.75 Å². The summed E-state index contributed by atoms with van der Waals surface area (Å²) >= 11 is 0. The minimum Gasteiger partial charge on any atom is -0.483 e. The Labute approximate surface area is 193 Å². The van der Waals surface area contributed by atoms with E-state index in [9.17, 15) is 9.59 Å². The first kappa shape index (κ1) is 25.4. The molecule has 2 aromatic carbocycles. The van der Waals surface area contributed by atoms with E-state index in [0.717, 1.165) is 16.7 Å². The minimum atomic E-state index is -0.608. The van der Waals surface area contributed by atoms with Gasteiger partial charge in [0.25, 0.3) is 5.91 Å². The molecule has 0 spiro atoms. The average Bonchev–Trinajstić information content (AvgIpc) is 2.73. The molecule has 0 heterocycles. The number of ether oxygens (including phenoxy) is 1. The first-order valence-corrected chi connectivity index (χ1v) is 11.3. The van der Waals surface area contributed by atoms with Crippen molar-refractivity contribution in [2.75, 3.05) is 13.2 Å². The highest BCUT2D eigenvalue weighted by Crippen LogP contribution is 2.31. The molecule has 0 aliphatic rings. The van der Waals surface area contributed by atoms with Gasteiger partial charge in [-0.1, -0.05) is 82.6 Å². The minimum absolute atomic E-state index is 0.106. The summed E-state index contributed by atoms with van der Waals surface area (Å²) in [5.74, 6) is 0.655. The zero-order valence-corrected chi connectivity index (χ0v) is 20.6. The molecule has 0 radical (unpaired) electrons. The Morgan fingerprint density at radius 2 is 1.72 bits per heavy atom. The molecule has 174 valence electrons. The zero-order chi connectivity index (χ0) is 23.9. The van der Waals surface area contributed by atoms with Crippen molar-refractivity contribution in [3.05, 3.63) is 65.2 Å². The number of carbonyl (C=O) groups excluding carboxylic acids is 2. The van der Waals surface area contributed by atoms with Gasteiger partial charge in [-0.3, -0.25) is 9.59 Å². The molecule has 0 fully saturated rings. The molecule has 2 amide bonds. The molecule has 0 aliphatic heterocycles. The normalized spacial score (nSPS) is 12.4. The fourth-order valence-corrected chi connectivity index (χ4v) is 3.48. The van der Waals surface area contributed by atoms with E-state index in [1.54, 1.807) is 11.8 Å². The van der Waals surface area contributed by atoms with Crippen molar-refractivity contribution in [2.24, 2.45) is 5.92 Å². The van der Waals surface area contributed by atoms with E-state index in [0.29, 0.717) is 24.8 Å². The van der Waals surface area contributed by atoms with Gasteiger partial charge in [0.15, 0.2) is 6.61 Å². The maximum atomic E-state index is 13.3. The van der Waals surface area contributed by atoms with Gasteiger partial charge in [-0.15, -0.1) is 0 Å². The van der Waals surface area contributed by atoms with Gasteiger partial charge in [0.1, 0.15) is 11.8 Å². The highest BCUT2D eigenvalue weighted by atomic mass is 16.5. The maximum absolute atomic E-state index is 13.3. The number of carbonyl (C=O) groups is 2. The molecule has 1 atom stereocenters. The van der Waals surface area contributed by atoms with Crippen LogP contribution in [0.1, 0.15) is 58.2 Å². The largest absolute Gasteiger partial charge is 0.483 e. The number of para-hydroxylation sites is 1. The zero-order valence-electron chi connectivity index (χ0n) is 20.6. The van der Waals surface area contributed by atoms with Gasteiger partial charge in [-0.2, -0.15) is 0 Å². The average molecular weight is 439 g/mol. The topological polar surface area (TPSA) is 58.6 Å². The van der Waals surface area contributed by atoms with E-state index in [2.05, 4.69) is 26.1 Å². The predicted octanol–water partition coefficient (Wildman–Crippen LogP) is 4.86. The lowest BCUT2D eigenvalue weighted by Gasteiger charge is -2.29. The summed E-state index contributed by atoms with van der Waals surface area (Å²) in [6.07, 6.45) is 0. The Morgan fingerprint density at radius 3 is 2.34 bits per heavy atom. The molecular weight excluding hydrogens is 400 g/mol. The second-order valence-electron chi connectivity index (χ2n) is 9.86. The summed E-state index contributed by atoms with van der Waals surface area (Å²) in [7, 11) is 0. The fourth-order valence-electron chi connectivity index (χ4n) is 3.48. The van der Waals surface area contributed by atoms with Crippen LogP contribution in [0, 0.1) is 12.8 Å². The molecule has 5 nitrogen and oxygen atoms in total. The third-order valence-corrected chi connectivity index (χ3v) is 5.33. The molecular formula is C27H38N2O3. The highest BCUT2D eigenvalue weighted by molar-refractivity contribution is 5.88. The molecule has 1 unspecified atom stereocenters. The van der Waals surface area contributed by atoms with Crippen molar-refractivity contribution in [1.29, 1.82) is 0 Å².